The fourth-order valence-corrected chi connectivity index (χ4v) is 2.80. The quantitative estimate of drug-likeness (QED) is 0.803. The Kier molecular flexibility index (Phi) is 3.31. The Hall–Kier alpha value is -2.08. The van der Waals surface area contributed by atoms with Gasteiger partial charge in [-0.1, -0.05) is 0 Å². The number of nitrogens with zero attached hydrogens (tertiary/aromatic N) is 1. The van der Waals surface area contributed by atoms with E-state index < -0.39 is 5.97 Å². The Labute approximate surface area is 115 Å². The maximum absolute atomic E-state index is 12.2. The average Bonchev–Trinajstić information content (AvgIpc) is 2.82. The Morgan fingerprint density at radius 3 is 2.80 bits per heavy atom. The van der Waals surface area contributed by atoms with Gasteiger partial charge in [0, 0.05) is 6.04 Å². The third-order valence-electron chi connectivity index (χ3n) is 3.81. The maximum atomic E-state index is 12.2. The molecule has 2 aromatic rings. The number of carbonyl (C=O) groups excluding carboxylic acids is 1. The predicted molar refractivity (Wildman–Crippen MR) is 75.0 cm³/mol. The minimum Gasteiger partial charge on any atom is -0.465 e. The summed E-state index contributed by atoms with van der Waals surface area (Å²) in [5.74, 6) is -0.401. The molecule has 0 aliphatic carbocycles. The summed E-state index contributed by atoms with van der Waals surface area (Å²) in [4.78, 5) is 26.5. The third-order valence-corrected chi connectivity index (χ3v) is 3.81. The maximum Gasteiger partial charge on any atom is 0.337 e. The molecule has 1 aliphatic heterocycles. The summed E-state index contributed by atoms with van der Waals surface area (Å²) in [5, 5.41) is 3.29. The fraction of sp³-hybridized carbons (Fsp3) is 0.429. The molecule has 2 N–H and O–H groups in total. The van der Waals surface area contributed by atoms with Crippen molar-refractivity contribution in [1.82, 2.24) is 14.9 Å². The zero-order chi connectivity index (χ0) is 14.1. The van der Waals surface area contributed by atoms with Gasteiger partial charge in [0.2, 0.25) is 0 Å². The molecule has 0 unspecified atom stereocenters. The predicted octanol–water partition coefficient (Wildman–Crippen LogP) is 1.04. The zero-order valence-corrected chi connectivity index (χ0v) is 11.3. The van der Waals surface area contributed by atoms with Crippen molar-refractivity contribution in [2.24, 2.45) is 0 Å². The minimum atomic E-state index is -0.401. The van der Waals surface area contributed by atoms with Gasteiger partial charge in [-0.05, 0) is 44.1 Å². The number of aromatic nitrogens is 2. The zero-order valence-electron chi connectivity index (χ0n) is 11.3. The van der Waals surface area contributed by atoms with Crippen molar-refractivity contribution >= 4 is 17.0 Å². The van der Waals surface area contributed by atoms with Gasteiger partial charge in [0.25, 0.3) is 0 Å². The van der Waals surface area contributed by atoms with Gasteiger partial charge in [-0.15, -0.1) is 0 Å². The highest BCUT2D eigenvalue weighted by Crippen LogP contribution is 2.22. The normalized spacial score (nSPS) is 16.4. The number of carbonyl (C=O) groups is 1. The first-order valence-electron chi connectivity index (χ1n) is 6.74. The van der Waals surface area contributed by atoms with Crippen LogP contribution in [0.5, 0.6) is 0 Å². The lowest BCUT2D eigenvalue weighted by molar-refractivity contribution is 0.0601. The van der Waals surface area contributed by atoms with E-state index in [0.29, 0.717) is 11.1 Å². The second kappa shape index (κ2) is 5.13. The molecule has 1 aliphatic rings. The fourth-order valence-electron chi connectivity index (χ4n) is 2.80. The monoisotopic (exact) mass is 275 g/mol. The Bertz CT molecular complexity index is 695. The number of rotatable bonds is 2. The number of aromatic amines is 1. The van der Waals surface area contributed by atoms with Crippen molar-refractivity contribution in [3.63, 3.8) is 0 Å². The summed E-state index contributed by atoms with van der Waals surface area (Å²) < 4.78 is 6.50. The van der Waals surface area contributed by atoms with E-state index in [1.165, 1.54) is 7.11 Å². The van der Waals surface area contributed by atoms with Gasteiger partial charge in [-0.2, -0.15) is 0 Å². The van der Waals surface area contributed by atoms with Crippen LogP contribution in [0.4, 0.5) is 0 Å². The minimum absolute atomic E-state index is 0.117. The molecule has 0 spiro atoms. The van der Waals surface area contributed by atoms with Crippen LogP contribution in [0, 0.1) is 0 Å². The first-order valence-corrected chi connectivity index (χ1v) is 6.74. The number of ether oxygens (including phenoxy) is 1. The van der Waals surface area contributed by atoms with Crippen LogP contribution in [0.15, 0.2) is 23.0 Å². The molecule has 0 atom stereocenters. The molecule has 1 saturated heterocycles. The van der Waals surface area contributed by atoms with E-state index in [2.05, 4.69) is 10.3 Å². The number of piperidine rings is 1. The molecule has 3 rings (SSSR count). The molecule has 1 fully saturated rings. The summed E-state index contributed by atoms with van der Waals surface area (Å²) in [6.07, 6.45) is 1.87. The molecular weight excluding hydrogens is 258 g/mol. The van der Waals surface area contributed by atoms with E-state index in [1.54, 1.807) is 16.7 Å². The highest BCUT2D eigenvalue weighted by molar-refractivity contribution is 5.93. The van der Waals surface area contributed by atoms with Gasteiger partial charge in [0.1, 0.15) is 0 Å². The van der Waals surface area contributed by atoms with E-state index >= 15 is 0 Å². The summed E-state index contributed by atoms with van der Waals surface area (Å²) in [6.45, 7) is 1.84. The summed E-state index contributed by atoms with van der Waals surface area (Å²) in [5.41, 5.74) is 1.85. The molecule has 0 amide bonds. The van der Waals surface area contributed by atoms with Gasteiger partial charge < -0.3 is 15.0 Å². The Morgan fingerprint density at radius 1 is 1.35 bits per heavy atom. The number of hydrogen-bond acceptors (Lipinski definition) is 4. The number of benzene rings is 1. The Balaban J connectivity index is 2.07. The van der Waals surface area contributed by atoms with Crippen LogP contribution in [0.1, 0.15) is 29.2 Å². The molecule has 106 valence electrons. The topological polar surface area (TPSA) is 76.1 Å². The molecule has 6 heteroatoms. The van der Waals surface area contributed by atoms with Gasteiger partial charge >= 0.3 is 11.7 Å². The molecule has 20 heavy (non-hydrogen) atoms. The number of H-pyrrole nitrogens is 1. The number of esters is 1. The average molecular weight is 275 g/mol. The van der Waals surface area contributed by atoms with Gasteiger partial charge in [0.15, 0.2) is 0 Å². The number of hydrogen-bond donors (Lipinski definition) is 2. The van der Waals surface area contributed by atoms with Crippen LogP contribution < -0.4 is 11.0 Å². The van der Waals surface area contributed by atoms with Crippen LogP contribution in [-0.2, 0) is 4.74 Å². The second-order valence-electron chi connectivity index (χ2n) is 5.00. The molecule has 0 radical (unpaired) electrons. The van der Waals surface area contributed by atoms with Crippen molar-refractivity contribution in [2.45, 2.75) is 18.9 Å². The van der Waals surface area contributed by atoms with E-state index in [1.807, 2.05) is 6.07 Å². The molecule has 6 nitrogen and oxygen atoms in total. The van der Waals surface area contributed by atoms with E-state index in [4.69, 9.17) is 4.74 Å². The molecule has 0 bridgehead atoms. The molecule has 0 saturated carbocycles. The smallest absolute Gasteiger partial charge is 0.337 e. The standard InChI is InChI=1S/C14H17N3O3/c1-20-13(18)9-2-3-12-11(8-9)16-14(19)17(12)10-4-6-15-7-5-10/h2-3,8,10,15H,4-7H2,1H3,(H,16,19). The first-order chi connectivity index (χ1) is 9.70. The molecular formula is C14H17N3O3. The first kappa shape index (κ1) is 12.9. The molecule has 2 heterocycles. The largest absolute Gasteiger partial charge is 0.465 e. The van der Waals surface area contributed by atoms with Crippen LogP contribution in [0.3, 0.4) is 0 Å². The van der Waals surface area contributed by atoms with Crippen LogP contribution in [0.25, 0.3) is 11.0 Å². The van der Waals surface area contributed by atoms with Crippen molar-refractivity contribution in [2.75, 3.05) is 20.2 Å². The lowest BCUT2D eigenvalue weighted by atomic mass is 10.1. The van der Waals surface area contributed by atoms with Crippen molar-refractivity contribution < 1.29 is 9.53 Å². The molecule has 1 aromatic heterocycles. The van der Waals surface area contributed by atoms with E-state index in [9.17, 15) is 9.59 Å². The SMILES string of the molecule is COC(=O)c1ccc2c(c1)[nH]c(=O)n2C1CCNCC1. The van der Waals surface area contributed by atoms with E-state index in [0.717, 1.165) is 31.4 Å². The highest BCUT2D eigenvalue weighted by atomic mass is 16.5. The number of nitrogens with one attached hydrogen (secondary N) is 2. The van der Waals surface area contributed by atoms with Crippen molar-refractivity contribution in [3.05, 3.63) is 34.2 Å². The summed E-state index contributed by atoms with van der Waals surface area (Å²) in [7, 11) is 1.34. The lowest BCUT2D eigenvalue weighted by Crippen LogP contribution is -2.33. The third kappa shape index (κ3) is 2.12. The lowest BCUT2D eigenvalue weighted by Gasteiger charge is -2.23. The summed E-state index contributed by atoms with van der Waals surface area (Å²) >= 11 is 0. The Morgan fingerprint density at radius 2 is 2.10 bits per heavy atom. The van der Waals surface area contributed by atoms with Crippen molar-refractivity contribution in [1.29, 1.82) is 0 Å². The van der Waals surface area contributed by atoms with Crippen LogP contribution in [0.2, 0.25) is 0 Å². The van der Waals surface area contributed by atoms with Crippen LogP contribution in [-0.4, -0.2) is 35.7 Å². The summed E-state index contributed by atoms with van der Waals surface area (Å²) in [6, 6.07) is 5.38. The van der Waals surface area contributed by atoms with E-state index in [-0.39, 0.29) is 11.7 Å². The number of fused-ring (bicyclic) bond motifs is 1. The number of methoxy groups -OCH3 is 1. The second-order valence-corrected chi connectivity index (χ2v) is 5.00. The molecule has 1 aromatic carbocycles. The van der Waals surface area contributed by atoms with Crippen molar-refractivity contribution in [3.8, 4) is 0 Å². The van der Waals surface area contributed by atoms with Gasteiger partial charge in [-0.25, -0.2) is 9.59 Å². The van der Waals surface area contributed by atoms with Gasteiger partial charge in [0.05, 0.1) is 23.7 Å². The highest BCUT2D eigenvalue weighted by Gasteiger charge is 2.20. The van der Waals surface area contributed by atoms with Gasteiger partial charge in [-0.3, -0.25) is 4.57 Å². The number of imidazole rings is 1. The van der Waals surface area contributed by atoms with Crippen LogP contribution >= 0.6 is 0 Å².